The van der Waals surface area contributed by atoms with Gasteiger partial charge in [-0.05, 0) is 147 Å². The van der Waals surface area contributed by atoms with Crippen molar-refractivity contribution in [3.05, 3.63) is 173 Å². The Morgan fingerprint density at radius 2 is 1.16 bits per heavy atom. The predicted octanol–water partition coefficient (Wildman–Crippen LogP) is 15.3. The Bertz CT molecular complexity index is 2620. The second-order valence-corrected chi connectivity index (χ2v) is 16.0. The zero-order chi connectivity index (χ0) is 37.9. The largest absolute Gasteiger partial charge is 0.507 e. The van der Waals surface area contributed by atoms with E-state index in [4.69, 9.17) is 0 Å². The maximum absolute atomic E-state index is 10.7. The zero-order valence-electron chi connectivity index (χ0n) is 33.0. The maximum atomic E-state index is 10.7. The maximum Gasteiger partial charge on any atom is 0.124 e. The summed E-state index contributed by atoms with van der Waals surface area (Å²) in [4.78, 5) is 0. The van der Waals surface area contributed by atoms with Crippen LogP contribution in [0.5, 0.6) is 5.75 Å². The molecule has 10 rings (SSSR count). The Labute approximate surface area is 327 Å². The predicted molar refractivity (Wildman–Crippen MR) is 238 cm³/mol. The van der Waals surface area contributed by atoms with Gasteiger partial charge in [-0.3, -0.25) is 0 Å². The summed E-state index contributed by atoms with van der Waals surface area (Å²) in [5.74, 6) is 2.05. The molecule has 55 heavy (non-hydrogen) atoms. The van der Waals surface area contributed by atoms with Crippen molar-refractivity contribution in [2.75, 3.05) is 0 Å². The van der Waals surface area contributed by atoms with Crippen LogP contribution < -0.4 is 0 Å². The van der Waals surface area contributed by atoms with E-state index in [0.29, 0.717) is 5.75 Å². The van der Waals surface area contributed by atoms with Crippen LogP contribution in [-0.4, -0.2) is 5.11 Å². The Balaban J connectivity index is 0.000000123. The van der Waals surface area contributed by atoms with Crippen LogP contribution in [0.4, 0.5) is 0 Å². The summed E-state index contributed by atoms with van der Waals surface area (Å²) in [6, 6.07) is 50.4. The van der Waals surface area contributed by atoms with Gasteiger partial charge >= 0.3 is 0 Å². The van der Waals surface area contributed by atoms with E-state index < -0.39 is 0 Å². The van der Waals surface area contributed by atoms with E-state index in [1.807, 2.05) is 12.1 Å². The molecule has 0 saturated heterocycles. The highest BCUT2D eigenvalue weighted by atomic mass is 16.3. The highest BCUT2D eigenvalue weighted by Crippen LogP contribution is 2.44. The van der Waals surface area contributed by atoms with Crippen LogP contribution >= 0.6 is 0 Å². The number of phenolic OH excluding ortho intramolecular Hbond substituents is 1. The van der Waals surface area contributed by atoms with Crippen LogP contribution in [0.3, 0.4) is 0 Å². The first-order valence-electron chi connectivity index (χ1n) is 20.7. The molecule has 2 aliphatic carbocycles. The molecule has 0 spiro atoms. The summed E-state index contributed by atoms with van der Waals surface area (Å²) in [6.45, 7) is 8.72. The molecule has 8 aromatic carbocycles. The fourth-order valence-electron chi connectivity index (χ4n) is 8.49. The summed E-state index contributed by atoms with van der Waals surface area (Å²) in [5, 5.41) is 21.1. The molecule has 276 valence electrons. The van der Waals surface area contributed by atoms with E-state index in [-0.39, 0.29) is 0 Å². The highest BCUT2D eigenvalue weighted by molar-refractivity contribution is 6.08. The van der Waals surface area contributed by atoms with E-state index in [1.54, 1.807) is 11.1 Å². The van der Waals surface area contributed by atoms with Gasteiger partial charge in [0, 0.05) is 5.56 Å². The van der Waals surface area contributed by atoms with Crippen LogP contribution in [0.15, 0.2) is 140 Å². The first kappa shape index (κ1) is 36.6. The third-order valence-electron chi connectivity index (χ3n) is 11.7. The third kappa shape index (κ3) is 8.04. The minimum absolute atomic E-state index is 0.336. The van der Waals surface area contributed by atoms with Gasteiger partial charge in [-0.25, -0.2) is 0 Å². The van der Waals surface area contributed by atoms with Gasteiger partial charge in [0.25, 0.3) is 0 Å². The van der Waals surface area contributed by atoms with Gasteiger partial charge in [0.2, 0.25) is 0 Å². The Morgan fingerprint density at radius 1 is 0.509 bits per heavy atom. The van der Waals surface area contributed by atoms with Crippen molar-refractivity contribution < 1.29 is 5.11 Å². The molecule has 8 aromatic rings. The lowest BCUT2D eigenvalue weighted by molar-refractivity contribution is 0.478. The first-order valence-corrected chi connectivity index (χ1v) is 20.7. The Morgan fingerprint density at radius 3 is 1.93 bits per heavy atom. The monoisotopic (exact) mass is 718 g/mol. The van der Waals surface area contributed by atoms with Crippen LogP contribution in [0.25, 0.3) is 54.2 Å². The number of fused-ring (bicyclic) bond motifs is 4. The summed E-state index contributed by atoms with van der Waals surface area (Å²) in [7, 11) is 0. The molecule has 0 bridgehead atoms. The lowest BCUT2D eigenvalue weighted by Gasteiger charge is -2.14. The molecule has 2 fully saturated rings. The van der Waals surface area contributed by atoms with Crippen molar-refractivity contribution in [3.8, 4) is 16.9 Å². The lowest BCUT2D eigenvalue weighted by Crippen LogP contribution is -1.88. The molecule has 0 heterocycles. The standard InChI is InChI=1S/C24H22O.C16H18.C14H14/c1-3-6-17-11-12-20-18(15-17)8-5-10-22(20)24-21-9-4-7-16(2)19(21)13-14-23(24)25;1-2-4-13-5-3-6-15-11-14(12-7-8-12)9-10-16(13)15;1-10-5-8-14-12(9-10)3-2-4-13(14)11-6-7-11/h4-5,7-15,25H,3,6H2,1-2H3;3,5-6,9-12H,2,4,7-8H2,1H3;2-5,8-9,11H,6-7H2,1H3. The number of rotatable bonds is 7. The molecule has 2 aliphatic rings. The third-order valence-corrected chi connectivity index (χ3v) is 11.7. The van der Waals surface area contributed by atoms with Gasteiger partial charge in [0.05, 0.1) is 0 Å². The van der Waals surface area contributed by atoms with Crippen LogP contribution in [0, 0.1) is 13.8 Å². The SMILES string of the molecule is CCCc1ccc2c(-c3c(O)ccc4c(C)cccc34)cccc2c1.CCCc1cccc2cc(C3CC3)ccc12.Cc1ccc2c(C3CC3)cccc2c1. The Kier molecular flexibility index (Phi) is 10.7. The zero-order valence-corrected chi connectivity index (χ0v) is 33.0. The van der Waals surface area contributed by atoms with Crippen LogP contribution in [0.1, 0.15) is 97.6 Å². The molecule has 0 radical (unpaired) electrons. The highest BCUT2D eigenvalue weighted by Gasteiger charge is 2.25. The summed E-state index contributed by atoms with van der Waals surface area (Å²) < 4.78 is 0. The number of aromatic hydroxyl groups is 1. The molecule has 0 aliphatic heterocycles. The van der Waals surface area contributed by atoms with E-state index in [1.165, 1.54) is 98.5 Å². The topological polar surface area (TPSA) is 20.2 Å². The van der Waals surface area contributed by atoms with E-state index in [2.05, 4.69) is 155 Å². The van der Waals surface area contributed by atoms with E-state index in [0.717, 1.165) is 41.2 Å². The summed E-state index contributed by atoms with van der Waals surface area (Å²) in [6.07, 6.45) is 10.2. The van der Waals surface area contributed by atoms with E-state index >= 15 is 0 Å². The van der Waals surface area contributed by atoms with Crippen LogP contribution in [-0.2, 0) is 12.8 Å². The van der Waals surface area contributed by atoms with E-state index in [9.17, 15) is 5.11 Å². The summed E-state index contributed by atoms with van der Waals surface area (Å²) in [5.41, 5.74) is 10.6. The fraction of sp³-hybridized carbons (Fsp3) is 0.259. The normalized spacial score (nSPS) is 13.7. The first-order chi connectivity index (χ1) is 26.9. The fourth-order valence-corrected chi connectivity index (χ4v) is 8.49. The van der Waals surface area contributed by atoms with Gasteiger partial charge < -0.3 is 5.11 Å². The van der Waals surface area contributed by atoms with Crippen molar-refractivity contribution in [1.29, 1.82) is 0 Å². The van der Waals surface area contributed by atoms with Crippen molar-refractivity contribution in [2.45, 2.75) is 90.9 Å². The van der Waals surface area contributed by atoms with Crippen molar-refractivity contribution >= 4 is 43.1 Å². The van der Waals surface area contributed by atoms with Gasteiger partial charge in [-0.15, -0.1) is 0 Å². The van der Waals surface area contributed by atoms with Gasteiger partial charge in [-0.2, -0.15) is 0 Å². The molecular formula is C54H54O. The number of phenols is 1. The minimum atomic E-state index is 0.336. The Hall–Kier alpha value is -5.40. The number of hydrogen-bond donors (Lipinski definition) is 1. The molecule has 1 nitrogen and oxygen atoms in total. The van der Waals surface area contributed by atoms with Gasteiger partial charge in [0.15, 0.2) is 0 Å². The number of benzene rings is 8. The van der Waals surface area contributed by atoms with Crippen LogP contribution in [0.2, 0.25) is 0 Å². The lowest BCUT2D eigenvalue weighted by atomic mass is 9.91. The average molecular weight is 719 g/mol. The summed E-state index contributed by atoms with van der Waals surface area (Å²) >= 11 is 0. The minimum Gasteiger partial charge on any atom is -0.507 e. The molecule has 0 amide bonds. The second kappa shape index (κ2) is 16.1. The van der Waals surface area contributed by atoms with Crippen molar-refractivity contribution in [2.24, 2.45) is 0 Å². The molecule has 0 atom stereocenters. The average Bonchev–Trinajstić information content (AvgIpc) is 4.13. The molecule has 1 N–H and O–H groups in total. The molecule has 0 unspecified atom stereocenters. The quantitative estimate of drug-likeness (QED) is 0.174. The number of hydrogen-bond acceptors (Lipinski definition) is 1. The van der Waals surface area contributed by atoms with Crippen molar-refractivity contribution in [1.82, 2.24) is 0 Å². The van der Waals surface area contributed by atoms with Crippen molar-refractivity contribution in [3.63, 3.8) is 0 Å². The molecule has 2 saturated carbocycles. The smallest absolute Gasteiger partial charge is 0.124 e. The van der Waals surface area contributed by atoms with Gasteiger partial charge in [-0.1, -0.05) is 166 Å². The van der Waals surface area contributed by atoms with Gasteiger partial charge in [0.1, 0.15) is 5.75 Å². The molecule has 0 aromatic heterocycles. The molecular weight excluding hydrogens is 665 g/mol. The molecule has 1 heteroatoms. The number of aryl methyl sites for hydroxylation is 4. The second-order valence-electron chi connectivity index (χ2n) is 16.0.